The van der Waals surface area contributed by atoms with Crippen molar-refractivity contribution in [3.63, 3.8) is 0 Å². The number of halogens is 1. The number of rotatable bonds is 2. The standard InChI is InChI=1S/C8H10FN.H2/c1-2-10-8-5-3-7(9)4-6-8;/h3-6,10H,2H2,1H3;1H. The summed E-state index contributed by atoms with van der Waals surface area (Å²) in [7, 11) is 0. The highest BCUT2D eigenvalue weighted by Crippen LogP contribution is 2.06. The molecule has 1 rings (SSSR count). The maximum Gasteiger partial charge on any atom is 0.123 e. The fourth-order valence-electron chi connectivity index (χ4n) is 0.772. The van der Waals surface area contributed by atoms with Crippen molar-refractivity contribution in [3.8, 4) is 0 Å². The quantitative estimate of drug-likeness (QED) is 0.667. The Morgan fingerprint density at radius 2 is 2.00 bits per heavy atom. The first-order valence-electron chi connectivity index (χ1n) is 3.32. The minimum Gasteiger partial charge on any atom is -0.385 e. The monoisotopic (exact) mass is 141 g/mol. The zero-order chi connectivity index (χ0) is 7.40. The molecule has 56 valence electrons. The largest absolute Gasteiger partial charge is 0.385 e. The van der Waals surface area contributed by atoms with Gasteiger partial charge in [0.1, 0.15) is 5.82 Å². The zero-order valence-electron chi connectivity index (χ0n) is 5.89. The number of benzene rings is 1. The second-order valence-electron chi connectivity index (χ2n) is 2.04. The van der Waals surface area contributed by atoms with Gasteiger partial charge in [-0.2, -0.15) is 0 Å². The van der Waals surface area contributed by atoms with Crippen LogP contribution in [0.4, 0.5) is 10.1 Å². The summed E-state index contributed by atoms with van der Waals surface area (Å²) in [5.41, 5.74) is 0.962. The highest BCUT2D eigenvalue weighted by Gasteiger charge is 1.88. The lowest BCUT2D eigenvalue weighted by Crippen LogP contribution is -1.95. The van der Waals surface area contributed by atoms with Crippen molar-refractivity contribution in [2.45, 2.75) is 6.92 Å². The summed E-state index contributed by atoms with van der Waals surface area (Å²) < 4.78 is 12.3. The van der Waals surface area contributed by atoms with Crippen LogP contribution in [0, 0.1) is 5.82 Å². The van der Waals surface area contributed by atoms with E-state index in [2.05, 4.69) is 5.32 Å². The van der Waals surface area contributed by atoms with E-state index >= 15 is 0 Å². The van der Waals surface area contributed by atoms with Crippen LogP contribution in [-0.2, 0) is 0 Å². The first-order valence-corrected chi connectivity index (χ1v) is 3.32. The van der Waals surface area contributed by atoms with Crippen LogP contribution in [0.15, 0.2) is 24.3 Å². The molecular weight excluding hydrogens is 129 g/mol. The molecule has 0 spiro atoms. The minimum atomic E-state index is -0.193. The summed E-state index contributed by atoms with van der Waals surface area (Å²) in [6.45, 7) is 2.87. The predicted molar refractivity (Wildman–Crippen MR) is 42.7 cm³/mol. The maximum absolute atomic E-state index is 12.3. The van der Waals surface area contributed by atoms with E-state index in [1.165, 1.54) is 12.1 Å². The number of nitrogens with one attached hydrogen (secondary N) is 1. The number of hydrogen-bond donors (Lipinski definition) is 1. The van der Waals surface area contributed by atoms with E-state index in [0.29, 0.717) is 0 Å². The molecule has 10 heavy (non-hydrogen) atoms. The highest BCUT2D eigenvalue weighted by molar-refractivity contribution is 5.42. The average Bonchev–Trinajstić information content (AvgIpc) is 1.95. The SMILES string of the molecule is CCNc1ccc(F)cc1.[HH]. The zero-order valence-corrected chi connectivity index (χ0v) is 5.89. The molecule has 0 amide bonds. The van der Waals surface area contributed by atoms with Crippen LogP contribution in [0.2, 0.25) is 0 Å². The Kier molecular flexibility index (Phi) is 2.26. The Hall–Kier alpha value is -1.05. The van der Waals surface area contributed by atoms with Crippen molar-refractivity contribution in [2.75, 3.05) is 11.9 Å². The molecule has 0 fully saturated rings. The summed E-state index contributed by atoms with van der Waals surface area (Å²) in [6, 6.07) is 6.33. The molecule has 0 heterocycles. The average molecular weight is 141 g/mol. The fourth-order valence-corrected chi connectivity index (χ4v) is 0.772. The summed E-state index contributed by atoms with van der Waals surface area (Å²) in [6.07, 6.45) is 0. The molecule has 1 N–H and O–H groups in total. The van der Waals surface area contributed by atoms with Crippen LogP contribution < -0.4 is 5.32 Å². The summed E-state index contributed by atoms with van der Waals surface area (Å²) in [5.74, 6) is -0.193. The molecule has 0 aliphatic rings. The van der Waals surface area contributed by atoms with E-state index in [4.69, 9.17) is 0 Å². The van der Waals surface area contributed by atoms with Gasteiger partial charge < -0.3 is 5.32 Å². The molecule has 1 aromatic carbocycles. The van der Waals surface area contributed by atoms with Gasteiger partial charge in [-0.3, -0.25) is 0 Å². The number of anilines is 1. The van der Waals surface area contributed by atoms with Gasteiger partial charge in [-0.05, 0) is 31.2 Å². The first-order chi connectivity index (χ1) is 4.83. The molecule has 2 heteroatoms. The Bertz CT molecular complexity index is 198. The Morgan fingerprint density at radius 3 is 2.50 bits per heavy atom. The van der Waals surface area contributed by atoms with Gasteiger partial charge in [0, 0.05) is 13.7 Å². The molecule has 0 unspecified atom stereocenters. The highest BCUT2D eigenvalue weighted by atomic mass is 19.1. The van der Waals surface area contributed by atoms with Crippen LogP contribution in [0.5, 0.6) is 0 Å². The predicted octanol–water partition coefficient (Wildman–Crippen LogP) is 2.50. The lowest BCUT2D eigenvalue weighted by Gasteiger charge is -2.00. The third kappa shape index (κ3) is 1.72. The molecule has 0 aliphatic carbocycles. The van der Waals surface area contributed by atoms with E-state index in [1.54, 1.807) is 12.1 Å². The molecule has 0 atom stereocenters. The van der Waals surface area contributed by atoms with Crippen LogP contribution in [-0.4, -0.2) is 6.54 Å². The third-order valence-corrected chi connectivity index (χ3v) is 1.23. The Labute approximate surface area is 61.4 Å². The second kappa shape index (κ2) is 3.20. The normalized spacial score (nSPS) is 9.40. The van der Waals surface area contributed by atoms with Gasteiger partial charge in [0.05, 0.1) is 0 Å². The van der Waals surface area contributed by atoms with Gasteiger partial charge in [-0.25, -0.2) is 4.39 Å². The van der Waals surface area contributed by atoms with Crippen molar-refractivity contribution in [2.24, 2.45) is 0 Å². The summed E-state index contributed by atoms with van der Waals surface area (Å²) >= 11 is 0. The molecular formula is C8H12FN. The summed E-state index contributed by atoms with van der Waals surface area (Å²) in [4.78, 5) is 0. The van der Waals surface area contributed by atoms with Crippen LogP contribution >= 0.6 is 0 Å². The maximum atomic E-state index is 12.3. The lowest BCUT2D eigenvalue weighted by atomic mass is 10.3. The van der Waals surface area contributed by atoms with Crippen molar-refractivity contribution in [1.82, 2.24) is 0 Å². The van der Waals surface area contributed by atoms with Crippen LogP contribution in [0.1, 0.15) is 8.35 Å². The first kappa shape index (κ1) is 7.06. The second-order valence-corrected chi connectivity index (χ2v) is 2.04. The lowest BCUT2D eigenvalue weighted by molar-refractivity contribution is 0.628. The molecule has 0 saturated carbocycles. The van der Waals surface area contributed by atoms with Crippen molar-refractivity contribution in [1.29, 1.82) is 0 Å². The molecule has 0 saturated heterocycles. The Morgan fingerprint density at radius 1 is 1.40 bits per heavy atom. The number of hydrogen-bond acceptors (Lipinski definition) is 1. The smallest absolute Gasteiger partial charge is 0.123 e. The van der Waals surface area contributed by atoms with Gasteiger partial charge in [0.2, 0.25) is 0 Å². The van der Waals surface area contributed by atoms with Crippen LogP contribution in [0.3, 0.4) is 0 Å². The molecule has 0 aromatic heterocycles. The van der Waals surface area contributed by atoms with Crippen molar-refractivity contribution >= 4 is 5.69 Å². The van der Waals surface area contributed by atoms with Gasteiger partial charge in [-0.1, -0.05) is 0 Å². The molecule has 0 aliphatic heterocycles. The van der Waals surface area contributed by atoms with E-state index in [9.17, 15) is 4.39 Å². The Balaban J connectivity index is 0.000001000. The molecule has 1 nitrogen and oxygen atoms in total. The fraction of sp³-hybridized carbons (Fsp3) is 0.250. The molecule has 1 aromatic rings. The van der Waals surface area contributed by atoms with E-state index in [-0.39, 0.29) is 7.24 Å². The van der Waals surface area contributed by atoms with Crippen molar-refractivity contribution < 1.29 is 5.82 Å². The minimum absolute atomic E-state index is 0. The van der Waals surface area contributed by atoms with E-state index in [1.807, 2.05) is 6.92 Å². The third-order valence-electron chi connectivity index (χ3n) is 1.23. The summed E-state index contributed by atoms with van der Waals surface area (Å²) in [5, 5.41) is 3.07. The van der Waals surface area contributed by atoms with E-state index in [0.717, 1.165) is 12.2 Å². The molecule has 0 radical (unpaired) electrons. The van der Waals surface area contributed by atoms with Gasteiger partial charge >= 0.3 is 0 Å². The van der Waals surface area contributed by atoms with Crippen LogP contribution in [0.25, 0.3) is 0 Å². The van der Waals surface area contributed by atoms with Gasteiger partial charge in [0.15, 0.2) is 0 Å². The topological polar surface area (TPSA) is 12.0 Å². The van der Waals surface area contributed by atoms with Gasteiger partial charge in [0.25, 0.3) is 0 Å². The van der Waals surface area contributed by atoms with Crippen molar-refractivity contribution in [3.05, 3.63) is 30.1 Å². The van der Waals surface area contributed by atoms with E-state index < -0.39 is 0 Å². The molecule has 0 bridgehead atoms. The van der Waals surface area contributed by atoms with Gasteiger partial charge in [-0.15, -0.1) is 0 Å².